The summed E-state index contributed by atoms with van der Waals surface area (Å²) < 4.78 is 25.4. The summed E-state index contributed by atoms with van der Waals surface area (Å²) in [5, 5.41) is 0. The summed E-state index contributed by atoms with van der Waals surface area (Å²) in [5.41, 5.74) is 0. The smallest absolute Gasteiger partial charge is 0.412 e. The second-order valence-electron chi connectivity index (χ2n) is 0.245. The van der Waals surface area contributed by atoms with E-state index in [0.29, 0.717) is 0 Å². The van der Waals surface area contributed by atoms with Crippen molar-refractivity contribution in [2.24, 2.45) is 0 Å². The molecule has 0 saturated heterocycles. The maximum absolute atomic E-state index is 8.46. The molecule has 7 nitrogen and oxygen atoms in total. The third kappa shape index (κ3) is 453. The first-order valence-corrected chi connectivity index (χ1v) is 3.44. The van der Waals surface area contributed by atoms with E-state index in [0.717, 1.165) is 0 Å². The number of rotatable bonds is 0. The van der Waals surface area contributed by atoms with Gasteiger partial charge in [0, 0.05) is 0 Å². The topological polar surface area (TPSA) is 143 Å². The van der Waals surface area contributed by atoms with Gasteiger partial charge in [-0.05, 0) is 0 Å². The zero-order valence-corrected chi connectivity index (χ0v) is 10.7. The van der Waals surface area contributed by atoms with Gasteiger partial charge in [-0.25, -0.2) is 13.7 Å². The van der Waals surface area contributed by atoms with Crippen LogP contribution in [0.15, 0.2) is 0 Å². The Morgan fingerprint density at radius 1 is 0.727 bits per heavy atom. The van der Waals surface area contributed by atoms with Crippen molar-refractivity contribution < 1.29 is 75.6 Å². The Morgan fingerprint density at radius 3 is 0.727 bits per heavy atom. The molecule has 11 heavy (non-hydrogen) atoms. The fourth-order valence-electron chi connectivity index (χ4n) is 0. The van der Waals surface area contributed by atoms with Gasteiger partial charge in [-0.15, -0.1) is 0 Å². The molecule has 0 aromatic rings. The summed E-state index contributed by atoms with van der Waals surface area (Å²) in [6.45, 7) is 0. The summed E-state index contributed by atoms with van der Waals surface area (Å²) in [4.78, 5) is 21.0. The molecular formula is H5CeO7P3+3. The van der Waals surface area contributed by atoms with Gasteiger partial charge in [0.2, 0.25) is 0 Å². The van der Waals surface area contributed by atoms with Gasteiger partial charge in [-0.3, -0.25) is 0 Å². The second kappa shape index (κ2) is 62.4. The van der Waals surface area contributed by atoms with Gasteiger partial charge in [0.05, 0.1) is 0 Å². The van der Waals surface area contributed by atoms with Crippen LogP contribution in [-0.4, -0.2) is 20.2 Å². The van der Waals surface area contributed by atoms with E-state index in [2.05, 4.69) is 0 Å². The molecule has 0 saturated carbocycles. The zero-order chi connectivity index (χ0) is 8.12. The van der Waals surface area contributed by atoms with Gasteiger partial charge in [0.25, 0.3) is 0 Å². The summed E-state index contributed by atoms with van der Waals surface area (Å²) >= 11 is 0. The van der Waals surface area contributed by atoms with Crippen LogP contribution in [-0.2, 0) is 13.7 Å². The molecule has 11 heteroatoms. The first-order chi connectivity index (χ1) is 4.24. The van der Waals surface area contributed by atoms with Gasteiger partial charge < -0.3 is 20.2 Å². The average molecular weight is 350 g/mol. The molecule has 0 bridgehead atoms. The molecule has 63 valence electrons. The van der Waals surface area contributed by atoms with Crippen LogP contribution < -0.4 is 0 Å². The fourth-order valence-corrected chi connectivity index (χ4v) is 0. The van der Waals surface area contributed by atoms with E-state index in [1.807, 2.05) is 0 Å². The summed E-state index contributed by atoms with van der Waals surface area (Å²) in [7, 11) is -2.50. The molecule has 0 atom stereocenters. The molecule has 0 heterocycles. The monoisotopic (exact) mass is 350 g/mol. The van der Waals surface area contributed by atoms with E-state index in [4.69, 9.17) is 28.4 Å². The van der Waals surface area contributed by atoms with Crippen LogP contribution in [0, 0.1) is 41.7 Å². The van der Waals surface area contributed by atoms with Crippen LogP contribution in [0.1, 0.15) is 0 Å². The Labute approximate surface area is 101 Å². The standard InChI is InChI=1S/Ce.3HO2P.H2O/c;3*1-3-2;/h;3*(H,1,2);1H2/q+3;;;;. The Kier molecular flexibility index (Phi) is 167. The van der Waals surface area contributed by atoms with E-state index in [1.165, 1.54) is 0 Å². The minimum Gasteiger partial charge on any atom is -0.412 e. The minimum atomic E-state index is -0.833. The predicted molar refractivity (Wildman–Crippen MR) is 33.1 cm³/mol. The first-order valence-electron chi connectivity index (χ1n) is 1.15. The summed E-state index contributed by atoms with van der Waals surface area (Å²) in [6, 6.07) is 0. The van der Waals surface area contributed by atoms with E-state index in [1.54, 1.807) is 0 Å². The van der Waals surface area contributed by atoms with Crippen molar-refractivity contribution in [2.75, 3.05) is 0 Å². The van der Waals surface area contributed by atoms with Crippen LogP contribution in [0.5, 0.6) is 0 Å². The third-order valence-electron chi connectivity index (χ3n) is 0. The predicted octanol–water partition coefficient (Wildman–Crippen LogP) is -0.269. The van der Waals surface area contributed by atoms with Crippen LogP contribution >= 0.6 is 26.1 Å². The molecule has 1 radical (unpaired) electrons. The van der Waals surface area contributed by atoms with Gasteiger partial charge >= 0.3 is 67.8 Å². The van der Waals surface area contributed by atoms with Crippen molar-refractivity contribution in [3.05, 3.63) is 0 Å². The van der Waals surface area contributed by atoms with Gasteiger partial charge in [0.15, 0.2) is 0 Å². The molecule has 0 unspecified atom stereocenters. The maximum atomic E-state index is 8.46. The molecule has 0 rings (SSSR count). The molecule has 0 aliphatic rings. The van der Waals surface area contributed by atoms with Gasteiger partial charge in [0.1, 0.15) is 0 Å². The maximum Gasteiger partial charge on any atom is 3.00 e. The van der Waals surface area contributed by atoms with Crippen molar-refractivity contribution in [2.45, 2.75) is 0 Å². The Hall–Kier alpha value is 1.52. The van der Waals surface area contributed by atoms with Gasteiger partial charge in [-0.2, -0.15) is 0 Å². The summed E-state index contributed by atoms with van der Waals surface area (Å²) in [5.74, 6) is 0. The van der Waals surface area contributed by atoms with Crippen molar-refractivity contribution in [3.8, 4) is 0 Å². The van der Waals surface area contributed by atoms with E-state index >= 15 is 0 Å². The molecule has 0 aliphatic carbocycles. The largest absolute Gasteiger partial charge is 3.00 e. The zero-order valence-electron chi connectivity index (χ0n) is 4.91. The summed E-state index contributed by atoms with van der Waals surface area (Å²) in [6.07, 6.45) is 0. The molecule has 5 N–H and O–H groups in total. The van der Waals surface area contributed by atoms with Crippen LogP contribution in [0.2, 0.25) is 0 Å². The molecular weight excluding hydrogens is 345 g/mol. The van der Waals surface area contributed by atoms with Crippen LogP contribution in [0.3, 0.4) is 0 Å². The average Bonchev–Trinajstić information content (AvgIpc) is 1.70. The SMILES string of the molecule is O.O=PO.O=PO.O=PO.[Ce+3]. The van der Waals surface area contributed by atoms with E-state index in [9.17, 15) is 0 Å². The number of hydrogen-bond acceptors (Lipinski definition) is 3. The van der Waals surface area contributed by atoms with Crippen LogP contribution in [0.25, 0.3) is 0 Å². The van der Waals surface area contributed by atoms with E-state index < -0.39 is 26.1 Å². The second-order valence-corrected chi connectivity index (χ2v) is 0.735. The van der Waals surface area contributed by atoms with Crippen LogP contribution in [0.4, 0.5) is 0 Å². The molecule has 0 aromatic carbocycles. The fraction of sp³-hybridized carbons (Fsp3) is 0. The molecule has 0 aliphatic heterocycles. The van der Waals surface area contributed by atoms with E-state index in [-0.39, 0.29) is 47.2 Å². The van der Waals surface area contributed by atoms with Crippen molar-refractivity contribution in [3.63, 3.8) is 0 Å². The normalized spacial score (nSPS) is 5.73. The van der Waals surface area contributed by atoms with Crippen molar-refractivity contribution >= 4 is 26.1 Å². The Balaban J connectivity index is -0.0000000150. The Morgan fingerprint density at radius 2 is 0.727 bits per heavy atom. The molecule has 0 spiro atoms. The molecule has 0 amide bonds. The third-order valence-corrected chi connectivity index (χ3v) is 0. The number of hydrogen-bond donors (Lipinski definition) is 3. The quantitative estimate of drug-likeness (QED) is 0.513. The minimum absolute atomic E-state index is 0. The van der Waals surface area contributed by atoms with Gasteiger partial charge in [-0.1, -0.05) is 0 Å². The van der Waals surface area contributed by atoms with Crippen molar-refractivity contribution in [1.82, 2.24) is 0 Å². The Bertz CT molecular complexity index is 50.4. The van der Waals surface area contributed by atoms with Crippen molar-refractivity contribution in [1.29, 1.82) is 0 Å². The molecule has 0 fully saturated rings. The molecule has 0 aromatic heterocycles. The first kappa shape index (κ1) is 29.4.